The summed E-state index contributed by atoms with van der Waals surface area (Å²) in [6.45, 7) is 1.90. The van der Waals surface area contributed by atoms with Crippen molar-refractivity contribution in [3.63, 3.8) is 0 Å². The van der Waals surface area contributed by atoms with Crippen LogP contribution in [-0.2, 0) is 19.9 Å². The van der Waals surface area contributed by atoms with Crippen molar-refractivity contribution in [2.24, 2.45) is 0 Å². The van der Waals surface area contributed by atoms with Gasteiger partial charge in [0.05, 0.1) is 16.4 Å². The third-order valence-electron chi connectivity index (χ3n) is 2.71. The van der Waals surface area contributed by atoms with Crippen molar-refractivity contribution in [2.45, 2.75) is 23.1 Å². The van der Waals surface area contributed by atoms with Gasteiger partial charge in [0.2, 0.25) is 10.0 Å². The summed E-state index contributed by atoms with van der Waals surface area (Å²) < 4.78 is 48.5. The van der Waals surface area contributed by atoms with E-state index in [1.54, 1.807) is 0 Å². The first-order valence-corrected chi connectivity index (χ1v) is 9.47. The van der Waals surface area contributed by atoms with Crippen molar-refractivity contribution in [3.8, 4) is 0 Å². The van der Waals surface area contributed by atoms with E-state index in [0.29, 0.717) is 13.0 Å². The van der Waals surface area contributed by atoms with Crippen molar-refractivity contribution in [2.75, 3.05) is 26.0 Å². The average molecular weight is 321 g/mol. The lowest BCUT2D eigenvalue weighted by Gasteiger charge is -2.20. The molecule has 114 valence electrons. The maximum absolute atomic E-state index is 12.3. The van der Waals surface area contributed by atoms with Gasteiger partial charge in [-0.25, -0.2) is 16.8 Å². The second-order valence-electron chi connectivity index (χ2n) is 4.37. The van der Waals surface area contributed by atoms with Crippen molar-refractivity contribution >= 4 is 19.9 Å². The molecule has 8 heteroatoms. The molecule has 20 heavy (non-hydrogen) atoms. The number of aliphatic hydroxyl groups is 1. The second-order valence-corrected chi connectivity index (χ2v) is 8.32. The minimum atomic E-state index is -3.71. The first-order valence-electron chi connectivity index (χ1n) is 6.14. The fraction of sp³-hybridized carbons (Fsp3) is 0.500. The summed E-state index contributed by atoms with van der Waals surface area (Å²) in [6.07, 6.45) is 1.69. The molecule has 1 aromatic carbocycles. The number of hydrogen-bond acceptors (Lipinski definition) is 5. The van der Waals surface area contributed by atoms with Gasteiger partial charge in [-0.05, 0) is 30.7 Å². The van der Waals surface area contributed by atoms with E-state index in [1.165, 1.54) is 28.6 Å². The standard InChI is InChI=1S/C12H19NO5S2/c1-3-8-13(9-10-14)20(17,18)12-6-4-11(5-7-12)19(2,15)16/h4-7,14H,3,8-10H2,1-2H3. The number of aliphatic hydroxyl groups excluding tert-OH is 1. The number of sulfone groups is 1. The Morgan fingerprint density at radius 1 is 1.00 bits per heavy atom. The number of nitrogens with zero attached hydrogens (tertiary/aromatic N) is 1. The summed E-state index contributed by atoms with van der Waals surface area (Å²) >= 11 is 0. The highest BCUT2D eigenvalue weighted by Gasteiger charge is 2.23. The predicted molar refractivity (Wildman–Crippen MR) is 75.7 cm³/mol. The third-order valence-corrected chi connectivity index (χ3v) is 5.75. The third kappa shape index (κ3) is 4.02. The topological polar surface area (TPSA) is 91.8 Å². The van der Waals surface area contributed by atoms with E-state index in [2.05, 4.69) is 0 Å². The Bertz CT molecular complexity index is 629. The molecule has 1 N–H and O–H groups in total. The molecule has 0 amide bonds. The quantitative estimate of drug-likeness (QED) is 0.789. The molecule has 0 aliphatic rings. The highest BCUT2D eigenvalue weighted by Crippen LogP contribution is 2.18. The van der Waals surface area contributed by atoms with Crippen LogP contribution in [0.4, 0.5) is 0 Å². The van der Waals surface area contributed by atoms with Crippen molar-refractivity contribution in [1.82, 2.24) is 4.31 Å². The Morgan fingerprint density at radius 2 is 1.50 bits per heavy atom. The van der Waals surface area contributed by atoms with Crippen LogP contribution in [0.5, 0.6) is 0 Å². The van der Waals surface area contributed by atoms with Gasteiger partial charge >= 0.3 is 0 Å². The molecule has 0 fully saturated rings. The van der Waals surface area contributed by atoms with E-state index in [1.807, 2.05) is 6.92 Å². The summed E-state index contributed by atoms with van der Waals surface area (Å²) in [4.78, 5) is 0.0902. The molecule has 0 bridgehead atoms. The monoisotopic (exact) mass is 321 g/mol. The molecular formula is C12H19NO5S2. The number of rotatable bonds is 7. The van der Waals surface area contributed by atoms with Crippen LogP contribution in [0.25, 0.3) is 0 Å². The van der Waals surface area contributed by atoms with E-state index in [9.17, 15) is 16.8 Å². The highest BCUT2D eigenvalue weighted by atomic mass is 32.2. The predicted octanol–water partition coefficient (Wildman–Crippen LogP) is 0.483. The van der Waals surface area contributed by atoms with Crippen LogP contribution >= 0.6 is 0 Å². The smallest absolute Gasteiger partial charge is 0.243 e. The zero-order valence-corrected chi connectivity index (χ0v) is 13.1. The van der Waals surface area contributed by atoms with Gasteiger partial charge in [-0.15, -0.1) is 0 Å². The Labute approximate surface area is 120 Å². The lowest BCUT2D eigenvalue weighted by molar-refractivity contribution is 0.253. The molecule has 0 aromatic heterocycles. The van der Waals surface area contributed by atoms with E-state index in [0.717, 1.165) is 6.26 Å². The van der Waals surface area contributed by atoms with E-state index in [4.69, 9.17) is 5.11 Å². The number of sulfonamides is 1. The largest absolute Gasteiger partial charge is 0.395 e. The Hall–Kier alpha value is -0.960. The fourth-order valence-electron chi connectivity index (χ4n) is 1.72. The van der Waals surface area contributed by atoms with Crippen LogP contribution in [0.1, 0.15) is 13.3 Å². The van der Waals surface area contributed by atoms with Gasteiger partial charge in [-0.3, -0.25) is 0 Å². The highest BCUT2D eigenvalue weighted by molar-refractivity contribution is 7.90. The summed E-state index contributed by atoms with van der Waals surface area (Å²) in [5.74, 6) is 0. The summed E-state index contributed by atoms with van der Waals surface area (Å²) in [7, 11) is -7.06. The molecule has 0 heterocycles. The molecule has 0 radical (unpaired) electrons. The van der Waals surface area contributed by atoms with Gasteiger partial charge in [0, 0.05) is 19.3 Å². The van der Waals surface area contributed by atoms with E-state index >= 15 is 0 Å². The van der Waals surface area contributed by atoms with Crippen molar-refractivity contribution in [1.29, 1.82) is 0 Å². The van der Waals surface area contributed by atoms with Gasteiger partial charge in [-0.2, -0.15) is 4.31 Å². The molecule has 0 atom stereocenters. The Balaban J connectivity index is 3.15. The molecule has 1 rings (SSSR count). The maximum atomic E-state index is 12.3. The van der Waals surface area contributed by atoms with E-state index in [-0.39, 0.29) is 22.9 Å². The zero-order valence-electron chi connectivity index (χ0n) is 11.5. The van der Waals surface area contributed by atoms with Crippen LogP contribution in [-0.4, -0.2) is 52.2 Å². The van der Waals surface area contributed by atoms with Crippen LogP contribution in [0.3, 0.4) is 0 Å². The van der Waals surface area contributed by atoms with E-state index < -0.39 is 19.9 Å². The van der Waals surface area contributed by atoms with Crippen LogP contribution in [0, 0.1) is 0 Å². The van der Waals surface area contributed by atoms with Crippen LogP contribution in [0.2, 0.25) is 0 Å². The molecule has 0 saturated heterocycles. The SMILES string of the molecule is CCCN(CCO)S(=O)(=O)c1ccc(S(C)(=O)=O)cc1. The maximum Gasteiger partial charge on any atom is 0.243 e. The lowest BCUT2D eigenvalue weighted by Crippen LogP contribution is -2.34. The minimum Gasteiger partial charge on any atom is -0.395 e. The molecule has 1 aromatic rings. The van der Waals surface area contributed by atoms with Crippen molar-refractivity contribution in [3.05, 3.63) is 24.3 Å². The Morgan fingerprint density at radius 3 is 1.90 bits per heavy atom. The molecule has 0 aliphatic carbocycles. The molecule has 0 unspecified atom stereocenters. The molecule has 6 nitrogen and oxygen atoms in total. The van der Waals surface area contributed by atoms with Crippen LogP contribution < -0.4 is 0 Å². The Kier molecular flexibility index (Phi) is 5.69. The second kappa shape index (κ2) is 6.66. The number of benzene rings is 1. The van der Waals surface area contributed by atoms with Gasteiger partial charge in [0.1, 0.15) is 0 Å². The van der Waals surface area contributed by atoms with Crippen molar-refractivity contribution < 1.29 is 21.9 Å². The zero-order chi connectivity index (χ0) is 15.4. The summed E-state index contributed by atoms with van der Waals surface area (Å²) in [5, 5.41) is 8.94. The molecule has 0 saturated carbocycles. The first kappa shape index (κ1) is 17.1. The summed E-state index contributed by atoms with van der Waals surface area (Å²) in [6, 6.07) is 5.08. The van der Waals surface area contributed by atoms with Gasteiger partial charge in [-0.1, -0.05) is 6.92 Å². The first-order chi connectivity index (χ1) is 9.23. The van der Waals surface area contributed by atoms with Gasteiger partial charge in [0.25, 0.3) is 0 Å². The normalized spacial score (nSPS) is 12.8. The fourth-order valence-corrected chi connectivity index (χ4v) is 3.87. The summed E-state index contributed by atoms with van der Waals surface area (Å²) in [5.41, 5.74) is 0. The van der Waals surface area contributed by atoms with Crippen LogP contribution in [0.15, 0.2) is 34.1 Å². The molecule has 0 spiro atoms. The van der Waals surface area contributed by atoms with Gasteiger partial charge in [0.15, 0.2) is 9.84 Å². The lowest BCUT2D eigenvalue weighted by atomic mass is 10.4. The molecule has 0 aliphatic heterocycles. The van der Waals surface area contributed by atoms with Gasteiger partial charge < -0.3 is 5.11 Å². The number of hydrogen-bond donors (Lipinski definition) is 1. The minimum absolute atomic E-state index is 0.0179. The average Bonchev–Trinajstić information content (AvgIpc) is 2.37. The molecular weight excluding hydrogens is 302 g/mol.